The highest BCUT2D eigenvalue weighted by Gasteiger charge is 2.26. The van der Waals surface area contributed by atoms with Crippen LogP contribution in [0.3, 0.4) is 0 Å². The molecule has 4 rings (SSSR count). The van der Waals surface area contributed by atoms with Gasteiger partial charge in [0.2, 0.25) is 0 Å². The maximum absolute atomic E-state index is 5.98. The Labute approximate surface area is 159 Å². The summed E-state index contributed by atoms with van der Waals surface area (Å²) in [7, 11) is 1.72. The Kier molecular flexibility index (Phi) is 5.46. The fourth-order valence-electron chi connectivity index (χ4n) is 3.58. The van der Waals surface area contributed by atoms with Crippen LogP contribution in [0.15, 0.2) is 61.1 Å². The van der Waals surface area contributed by atoms with Crippen LogP contribution >= 0.6 is 0 Å². The van der Waals surface area contributed by atoms with E-state index in [4.69, 9.17) is 9.47 Å². The van der Waals surface area contributed by atoms with Crippen molar-refractivity contribution in [3.63, 3.8) is 0 Å². The molecule has 0 fully saturated rings. The highest BCUT2D eigenvalue weighted by atomic mass is 16.5. The largest absolute Gasteiger partial charge is 0.496 e. The number of hydrogen-bond acceptors (Lipinski definition) is 5. The number of fused-ring (bicyclic) bond motifs is 1. The van der Waals surface area contributed by atoms with Crippen molar-refractivity contribution in [3.8, 4) is 5.75 Å². The van der Waals surface area contributed by atoms with E-state index in [1.807, 2.05) is 36.7 Å². The monoisotopic (exact) mass is 364 g/mol. The van der Waals surface area contributed by atoms with Gasteiger partial charge in [0, 0.05) is 43.8 Å². The third-order valence-corrected chi connectivity index (χ3v) is 4.84. The van der Waals surface area contributed by atoms with Gasteiger partial charge < -0.3 is 9.47 Å². The summed E-state index contributed by atoms with van der Waals surface area (Å²) >= 11 is 0. The maximum Gasteiger partial charge on any atom is 0.123 e. The molecule has 27 heavy (non-hydrogen) atoms. The molecule has 1 atom stereocenters. The van der Waals surface area contributed by atoms with E-state index in [0.717, 1.165) is 30.9 Å². The van der Waals surface area contributed by atoms with Crippen LogP contribution in [0.1, 0.15) is 22.9 Å². The van der Waals surface area contributed by atoms with Crippen LogP contribution in [0.25, 0.3) is 0 Å². The number of pyridine rings is 1. The van der Waals surface area contributed by atoms with Crippen LogP contribution in [-0.4, -0.2) is 39.9 Å². The molecule has 0 radical (unpaired) electrons. The molecule has 140 valence electrons. The quantitative estimate of drug-likeness (QED) is 0.645. The van der Waals surface area contributed by atoms with E-state index in [0.29, 0.717) is 13.2 Å². The van der Waals surface area contributed by atoms with E-state index in [9.17, 15) is 0 Å². The average molecular weight is 364 g/mol. The van der Waals surface area contributed by atoms with Gasteiger partial charge in [-0.25, -0.2) is 0 Å². The molecule has 1 aliphatic rings. The predicted octanol–water partition coefficient (Wildman–Crippen LogP) is 3.06. The van der Waals surface area contributed by atoms with Crippen LogP contribution in [0.4, 0.5) is 0 Å². The van der Waals surface area contributed by atoms with E-state index < -0.39 is 0 Å². The van der Waals surface area contributed by atoms with Gasteiger partial charge in [-0.3, -0.25) is 14.6 Å². The van der Waals surface area contributed by atoms with Gasteiger partial charge in [-0.1, -0.05) is 24.3 Å². The fraction of sp³-hybridized carbons (Fsp3) is 0.333. The van der Waals surface area contributed by atoms with Gasteiger partial charge >= 0.3 is 0 Å². The second-order valence-corrected chi connectivity index (χ2v) is 6.78. The molecular formula is C21H24N4O2. The number of methoxy groups -OCH3 is 1. The molecule has 3 aromatic rings. The molecule has 1 unspecified atom stereocenters. The van der Waals surface area contributed by atoms with Crippen LogP contribution in [-0.2, 0) is 24.4 Å². The Balaban J connectivity index is 1.43. The van der Waals surface area contributed by atoms with E-state index in [2.05, 4.69) is 37.9 Å². The lowest BCUT2D eigenvalue weighted by Crippen LogP contribution is -2.39. The zero-order valence-corrected chi connectivity index (χ0v) is 15.5. The minimum atomic E-state index is 0.190. The number of para-hydroxylation sites is 1. The second-order valence-electron chi connectivity index (χ2n) is 6.78. The van der Waals surface area contributed by atoms with Crippen molar-refractivity contribution in [2.75, 3.05) is 20.3 Å². The Hall–Kier alpha value is -2.70. The van der Waals surface area contributed by atoms with Crippen LogP contribution < -0.4 is 4.74 Å². The molecule has 0 aliphatic carbocycles. The zero-order valence-electron chi connectivity index (χ0n) is 15.5. The summed E-state index contributed by atoms with van der Waals surface area (Å²) in [6.07, 6.45) is 5.49. The summed E-state index contributed by atoms with van der Waals surface area (Å²) in [6, 6.07) is 14.4. The standard InChI is InChI=1S/C21H24N4O2/c1-26-21-7-3-2-6-18(21)12-24-13-19-8-10-23-25(19)20(14-24)16-27-15-17-5-4-9-22-11-17/h2-11,20H,12-16H2,1H3. The molecule has 0 bridgehead atoms. The Morgan fingerprint density at radius 1 is 1.11 bits per heavy atom. The summed E-state index contributed by atoms with van der Waals surface area (Å²) in [4.78, 5) is 6.56. The first-order valence-electron chi connectivity index (χ1n) is 9.17. The normalized spacial score (nSPS) is 16.9. The molecule has 1 aliphatic heterocycles. The fourth-order valence-corrected chi connectivity index (χ4v) is 3.58. The van der Waals surface area contributed by atoms with E-state index in [1.165, 1.54) is 11.3 Å². The SMILES string of the molecule is COc1ccccc1CN1Cc2ccnn2C(COCc2cccnc2)C1. The van der Waals surface area contributed by atoms with Crippen LogP contribution in [0.5, 0.6) is 5.75 Å². The van der Waals surface area contributed by atoms with Gasteiger partial charge in [-0.15, -0.1) is 0 Å². The van der Waals surface area contributed by atoms with Gasteiger partial charge in [-0.2, -0.15) is 5.10 Å². The summed E-state index contributed by atoms with van der Waals surface area (Å²) < 4.78 is 13.6. The first kappa shape index (κ1) is 17.7. The van der Waals surface area contributed by atoms with Gasteiger partial charge in [0.05, 0.1) is 32.1 Å². The molecule has 1 aromatic carbocycles. The lowest BCUT2D eigenvalue weighted by Gasteiger charge is -2.34. The van der Waals surface area contributed by atoms with Crippen LogP contribution in [0, 0.1) is 0 Å². The van der Waals surface area contributed by atoms with Crippen molar-refractivity contribution >= 4 is 0 Å². The maximum atomic E-state index is 5.98. The Morgan fingerprint density at radius 3 is 2.89 bits per heavy atom. The van der Waals surface area contributed by atoms with Gasteiger partial charge in [0.15, 0.2) is 0 Å². The predicted molar refractivity (Wildman–Crippen MR) is 102 cm³/mol. The molecule has 0 N–H and O–H groups in total. The first-order valence-corrected chi connectivity index (χ1v) is 9.17. The highest BCUT2D eigenvalue weighted by molar-refractivity contribution is 5.33. The molecule has 2 aromatic heterocycles. The summed E-state index contributed by atoms with van der Waals surface area (Å²) in [5.41, 5.74) is 3.49. The van der Waals surface area contributed by atoms with E-state index in [-0.39, 0.29) is 6.04 Å². The molecule has 3 heterocycles. The van der Waals surface area contributed by atoms with Gasteiger partial charge in [-0.05, 0) is 23.8 Å². The number of rotatable bonds is 7. The first-order chi connectivity index (χ1) is 13.3. The Morgan fingerprint density at radius 2 is 2.04 bits per heavy atom. The van der Waals surface area contributed by atoms with Crippen molar-refractivity contribution in [3.05, 3.63) is 77.9 Å². The lowest BCUT2D eigenvalue weighted by molar-refractivity contribution is 0.0530. The second kappa shape index (κ2) is 8.33. The molecule has 0 saturated heterocycles. The topological polar surface area (TPSA) is 52.4 Å². The third kappa shape index (κ3) is 4.18. The number of benzene rings is 1. The lowest BCUT2D eigenvalue weighted by atomic mass is 10.1. The zero-order chi connectivity index (χ0) is 18.5. The minimum absolute atomic E-state index is 0.190. The highest BCUT2D eigenvalue weighted by Crippen LogP contribution is 2.25. The number of nitrogens with zero attached hydrogens (tertiary/aromatic N) is 4. The van der Waals surface area contributed by atoms with Crippen molar-refractivity contribution in [1.29, 1.82) is 0 Å². The van der Waals surface area contributed by atoms with Crippen molar-refractivity contribution in [2.45, 2.75) is 25.7 Å². The minimum Gasteiger partial charge on any atom is -0.496 e. The van der Waals surface area contributed by atoms with Crippen molar-refractivity contribution < 1.29 is 9.47 Å². The van der Waals surface area contributed by atoms with E-state index >= 15 is 0 Å². The van der Waals surface area contributed by atoms with Crippen LogP contribution in [0.2, 0.25) is 0 Å². The molecule has 0 saturated carbocycles. The van der Waals surface area contributed by atoms with E-state index in [1.54, 1.807) is 13.3 Å². The molecule has 6 heteroatoms. The average Bonchev–Trinajstić information content (AvgIpc) is 3.18. The smallest absolute Gasteiger partial charge is 0.123 e. The summed E-state index contributed by atoms with van der Waals surface area (Å²) in [5, 5.41) is 4.51. The molecule has 6 nitrogen and oxygen atoms in total. The molecular weight excluding hydrogens is 340 g/mol. The number of aromatic nitrogens is 3. The number of ether oxygens (including phenoxy) is 2. The summed E-state index contributed by atoms with van der Waals surface area (Å²) in [6.45, 7) is 3.78. The molecule has 0 amide bonds. The molecule has 0 spiro atoms. The van der Waals surface area contributed by atoms with Crippen molar-refractivity contribution in [1.82, 2.24) is 19.7 Å². The van der Waals surface area contributed by atoms with Gasteiger partial charge in [0.1, 0.15) is 5.75 Å². The van der Waals surface area contributed by atoms with Gasteiger partial charge in [0.25, 0.3) is 0 Å². The Bertz CT molecular complexity index is 865. The summed E-state index contributed by atoms with van der Waals surface area (Å²) in [5.74, 6) is 0.931. The number of hydrogen-bond donors (Lipinski definition) is 0. The third-order valence-electron chi connectivity index (χ3n) is 4.84. The van der Waals surface area contributed by atoms with Crippen molar-refractivity contribution in [2.24, 2.45) is 0 Å².